The number of likely N-dealkylation sites (N-methyl/N-ethyl adjacent to an activating group) is 1. The van der Waals surface area contributed by atoms with Crippen molar-refractivity contribution in [2.24, 2.45) is 5.73 Å². The highest BCUT2D eigenvalue weighted by Crippen LogP contribution is 2.25. The lowest BCUT2D eigenvalue weighted by Gasteiger charge is -2.39. The van der Waals surface area contributed by atoms with Crippen molar-refractivity contribution in [1.29, 1.82) is 0 Å². The van der Waals surface area contributed by atoms with Gasteiger partial charge in [0, 0.05) is 25.7 Å². The zero-order chi connectivity index (χ0) is 19.9. The first-order valence-corrected chi connectivity index (χ1v) is 9.26. The molecule has 1 atom stereocenters. The molecule has 1 aliphatic rings. The zero-order valence-corrected chi connectivity index (χ0v) is 16.0. The number of rotatable bonds is 6. The van der Waals surface area contributed by atoms with Gasteiger partial charge in [-0.15, -0.1) is 0 Å². The number of carbonyl (C=O) groups excluding carboxylic acids is 2. The molecule has 0 spiro atoms. The standard InChI is InChI=1S/C22H25N3O3/c1-24-13-14-25(20(15-24)18-5-3-2-4-6-18)22(27)12-9-17-7-10-19(11-8-17)28-16-21(23)26/h2-12,20H,13-16H2,1H3,(H2,23,26)/b12-9+. The molecule has 0 radical (unpaired) electrons. The number of carbonyl (C=O) groups is 2. The van der Waals surface area contributed by atoms with E-state index in [0.717, 1.165) is 24.2 Å². The lowest BCUT2D eigenvalue weighted by atomic mass is 10.0. The van der Waals surface area contributed by atoms with Crippen molar-refractivity contribution in [2.75, 3.05) is 33.3 Å². The Balaban J connectivity index is 1.67. The van der Waals surface area contributed by atoms with Crippen LogP contribution in [0.3, 0.4) is 0 Å². The van der Waals surface area contributed by atoms with Crippen LogP contribution in [0, 0.1) is 0 Å². The highest BCUT2D eigenvalue weighted by atomic mass is 16.5. The lowest BCUT2D eigenvalue weighted by Crippen LogP contribution is -2.48. The van der Waals surface area contributed by atoms with Crippen LogP contribution >= 0.6 is 0 Å². The van der Waals surface area contributed by atoms with E-state index in [4.69, 9.17) is 10.5 Å². The van der Waals surface area contributed by atoms with Crippen LogP contribution in [0.1, 0.15) is 17.2 Å². The van der Waals surface area contributed by atoms with Crippen LogP contribution in [-0.4, -0.2) is 54.9 Å². The van der Waals surface area contributed by atoms with Crippen molar-refractivity contribution in [3.8, 4) is 5.75 Å². The van der Waals surface area contributed by atoms with Gasteiger partial charge in [-0.05, 0) is 36.4 Å². The maximum absolute atomic E-state index is 12.9. The van der Waals surface area contributed by atoms with Crippen LogP contribution in [-0.2, 0) is 9.59 Å². The quantitative estimate of drug-likeness (QED) is 0.780. The highest BCUT2D eigenvalue weighted by molar-refractivity contribution is 5.92. The first-order chi connectivity index (χ1) is 13.5. The second kappa shape index (κ2) is 9.19. The zero-order valence-electron chi connectivity index (χ0n) is 16.0. The van der Waals surface area contributed by atoms with Gasteiger partial charge in [0.05, 0.1) is 6.04 Å². The van der Waals surface area contributed by atoms with Crippen molar-refractivity contribution >= 4 is 17.9 Å². The minimum atomic E-state index is -0.519. The summed E-state index contributed by atoms with van der Waals surface area (Å²) in [6, 6.07) is 17.3. The van der Waals surface area contributed by atoms with Crippen LogP contribution in [0.15, 0.2) is 60.7 Å². The topological polar surface area (TPSA) is 75.9 Å². The highest BCUT2D eigenvalue weighted by Gasteiger charge is 2.28. The van der Waals surface area contributed by atoms with E-state index < -0.39 is 5.91 Å². The molecule has 1 saturated heterocycles. The molecule has 0 saturated carbocycles. The molecule has 28 heavy (non-hydrogen) atoms. The third-order valence-electron chi connectivity index (χ3n) is 4.73. The number of benzene rings is 2. The average molecular weight is 379 g/mol. The third-order valence-corrected chi connectivity index (χ3v) is 4.73. The maximum atomic E-state index is 12.9. The molecule has 0 aliphatic carbocycles. The van der Waals surface area contributed by atoms with Gasteiger partial charge in [0.15, 0.2) is 6.61 Å². The van der Waals surface area contributed by atoms with Gasteiger partial charge in [-0.1, -0.05) is 42.5 Å². The molecule has 6 nitrogen and oxygen atoms in total. The number of nitrogens with zero attached hydrogens (tertiary/aromatic N) is 2. The molecule has 1 fully saturated rings. The monoisotopic (exact) mass is 379 g/mol. The Morgan fingerprint density at radius 2 is 1.82 bits per heavy atom. The number of primary amides is 1. The summed E-state index contributed by atoms with van der Waals surface area (Å²) in [4.78, 5) is 27.8. The van der Waals surface area contributed by atoms with E-state index in [1.165, 1.54) is 0 Å². The third kappa shape index (κ3) is 5.20. The van der Waals surface area contributed by atoms with E-state index in [2.05, 4.69) is 24.1 Å². The molecule has 6 heteroatoms. The summed E-state index contributed by atoms with van der Waals surface area (Å²) in [6.07, 6.45) is 3.40. The number of ether oxygens (including phenoxy) is 1. The van der Waals surface area contributed by atoms with Gasteiger partial charge in [0.1, 0.15) is 5.75 Å². The van der Waals surface area contributed by atoms with Crippen LogP contribution in [0.25, 0.3) is 6.08 Å². The summed E-state index contributed by atoms with van der Waals surface area (Å²) in [5, 5.41) is 0. The van der Waals surface area contributed by atoms with Crippen molar-refractivity contribution in [2.45, 2.75) is 6.04 Å². The van der Waals surface area contributed by atoms with E-state index in [1.54, 1.807) is 24.3 Å². The number of piperazine rings is 1. The first-order valence-electron chi connectivity index (χ1n) is 9.26. The fraction of sp³-hybridized carbons (Fsp3) is 0.273. The van der Waals surface area contributed by atoms with E-state index in [1.807, 2.05) is 35.2 Å². The number of hydrogen-bond acceptors (Lipinski definition) is 4. The van der Waals surface area contributed by atoms with Gasteiger partial charge in [0.2, 0.25) is 5.91 Å². The molecule has 1 aliphatic heterocycles. The molecule has 2 amide bonds. The molecule has 2 aromatic rings. The summed E-state index contributed by atoms with van der Waals surface area (Å²) < 4.78 is 5.24. The maximum Gasteiger partial charge on any atom is 0.255 e. The number of nitrogens with two attached hydrogens (primary N) is 1. The van der Waals surface area contributed by atoms with E-state index in [0.29, 0.717) is 12.3 Å². The molecule has 2 aromatic carbocycles. The second-order valence-corrected chi connectivity index (χ2v) is 6.88. The van der Waals surface area contributed by atoms with Crippen molar-refractivity contribution in [1.82, 2.24) is 9.80 Å². The van der Waals surface area contributed by atoms with E-state index in [9.17, 15) is 9.59 Å². The summed E-state index contributed by atoms with van der Waals surface area (Å²) >= 11 is 0. The first kappa shape index (κ1) is 19.6. The Bertz CT molecular complexity index is 834. The Morgan fingerprint density at radius 3 is 2.50 bits per heavy atom. The minimum absolute atomic E-state index is 0.00370. The predicted octanol–water partition coefficient (Wildman–Crippen LogP) is 2.08. The largest absolute Gasteiger partial charge is 0.484 e. The van der Waals surface area contributed by atoms with Crippen molar-refractivity contribution in [3.05, 3.63) is 71.8 Å². The Kier molecular flexibility index (Phi) is 6.45. The van der Waals surface area contributed by atoms with Crippen LogP contribution in [0.2, 0.25) is 0 Å². The van der Waals surface area contributed by atoms with Gasteiger partial charge in [-0.3, -0.25) is 9.59 Å². The van der Waals surface area contributed by atoms with Crippen molar-refractivity contribution in [3.63, 3.8) is 0 Å². The van der Waals surface area contributed by atoms with Gasteiger partial charge in [-0.2, -0.15) is 0 Å². The van der Waals surface area contributed by atoms with Crippen LogP contribution < -0.4 is 10.5 Å². The van der Waals surface area contributed by atoms with Crippen molar-refractivity contribution < 1.29 is 14.3 Å². The Morgan fingerprint density at radius 1 is 1.11 bits per heavy atom. The van der Waals surface area contributed by atoms with Crippen LogP contribution in [0.4, 0.5) is 0 Å². The Hall–Kier alpha value is -3.12. The van der Waals surface area contributed by atoms with Gasteiger partial charge in [-0.25, -0.2) is 0 Å². The molecular formula is C22H25N3O3. The van der Waals surface area contributed by atoms with E-state index >= 15 is 0 Å². The predicted molar refractivity (Wildman–Crippen MR) is 109 cm³/mol. The molecule has 146 valence electrons. The minimum Gasteiger partial charge on any atom is -0.484 e. The molecule has 2 N–H and O–H groups in total. The molecule has 1 heterocycles. The Labute approximate surface area is 165 Å². The number of amides is 2. The van der Waals surface area contributed by atoms with Crippen LogP contribution in [0.5, 0.6) is 5.75 Å². The lowest BCUT2D eigenvalue weighted by molar-refractivity contribution is -0.130. The molecule has 0 aromatic heterocycles. The molecular weight excluding hydrogens is 354 g/mol. The SMILES string of the molecule is CN1CCN(C(=O)/C=C/c2ccc(OCC(N)=O)cc2)C(c2ccccc2)C1. The van der Waals surface area contributed by atoms with Gasteiger partial charge in [0.25, 0.3) is 5.91 Å². The number of hydrogen-bond donors (Lipinski definition) is 1. The molecule has 0 bridgehead atoms. The van der Waals surface area contributed by atoms with E-state index in [-0.39, 0.29) is 18.6 Å². The smallest absolute Gasteiger partial charge is 0.255 e. The fourth-order valence-corrected chi connectivity index (χ4v) is 3.24. The fourth-order valence-electron chi connectivity index (χ4n) is 3.24. The molecule has 1 unspecified atom stereocenters. The second-order valence-electron chi connectivity index (χ2n) is 6.88. The average Bonchev–Trinajstić information content (AvgIpc) is 2.71. The molecule has 3 rings (SSSR count). The van der Waals surface area contributed by atoms with Gasteiger partial charge < -0.3 is 20.3 Å². The summed E-state index contributed by atoms with van der Waals surface area (Å²) in [5.41, 5.74) is 7.09. The summed E-state index contributed by atoms with van der Waals surface area (Å²) in [6.45, 7) is 2.21. The normalized spacial score (nSPS) is 17.6. The summed E-state index contributed by atoms with van der Waals surface area (Å²) in [7, 11) is 2.08. The van der Waals surface area contributed by atoms with Gasteiger partial charge >= 0.3 is 0 Å². The summed E-state index contributed by atoms with van der Waals surface area (Å²) in [5.74, 6) is 0.0382.